The summed E-state index contributed by atoms with van der Waals surface area (Å²) in [5, 5.41) is 16.1. The molecule has 5 heteroatoms. The lowest BCUT2D eigenvalue weighted by molar-refractivity contribution is -0.137. The Morgan fingerprint density at radius 3 is 2.24 bits per heavy atom. The molecule has 0 aliphatic rings. The summed E-state index contributed by atoms with van der Waals surface area (Å²) in [4.78, 5) is 24.4. The lowest BCUT2D eigenvalue weighted by Gasteiger charge is -2.22. The Morgan fingerprint density at radius 1 is 0.865 bits per heavy atom. The molecule has 5 nitrogen and oxygen atoms in total. The van der Waals surface area contributed by atoms with Crippen LogP contribution in [0.1, 0.15) is 69.1 Å². The molecule has 196 valence electrons. The van der Waals surface area contributed by atoms with E-state index in [2.05, 4.69) is 47.9 Å². The molecule has 1 amide bonds. The molecule has 3 aromatic rings. The van der Waals surface area contributed by atoms with E-state index >= 15 is 0 Å². The topological polar surface area (TPSA) is 78.4 Å². The second-order valence-corrected chi connectivity index (χ2v) is 9.69. The number of rotatable bonds is 15. The van der Waals surface area contributed by atoms with Gasteiger partial charge in [0.05, 0.1) is 0 Å². The Kier molecular flexibility index (Phi) is 11.2. The molecule has 0 aliphatic carbocycles. The summed E-state index contributed by atoms with van der Waals surface area (Å²) in [7, 11) is 0. The Balaban J connectivity index is 1.91. The van der Waals surface area contributed by atoms with E-state index < -0.39 is 5.97 Å². The monoisotopic (exact) mass is 500 g/mol. The van der Waals surface area contributed by atoms with Crippen molar-refractivity contribution < 1.29 is 14.7 Å². The average molecular weight is 501 g/mol. The SMILES string of the molecule is CCCCCCC(C)C(=O)NCc1c(-c2ccccc2)ccc(CCC(=O)O)c1NCc1ccccc1. The van der Waals surface area contributed by atoms with E-state index in [4.69, 9.17) is 0 Å². The number of hydrogen-bond acceptors (Lipinski definition) is 3. The van der Waals surface area contributed by atoms with Crippen molar-refractivity contribution in [3.05, 3.63) is 89.5 Å². The quantitative estimate of drug-likeness (QED) is 0.193. The predicted octanol–water partition coefficient (Wildman–Crippen LogP) is 7.21. The molecule has 0 spiro atoms. The molecule has 1 atom stereocenters. The van der Waals surface area contributed by atoms with Gasteiger partial charge in [0.2, 0.25) is 5.91 Å². The normalized spacial score (nSPS) is 11.6. The van der Waals surface area contributed by atoms with E-state index in [1.807, 2.05) is 49.4 Å². The highest BCUT2D eigenvalue weighted by atomic mass is 16.4. The van der Waals surface area contributed by atoms with Crippen LogP contribution in [0.25, 0.3) is 11.1 Å². The van der Waals surface area contributed by atoms with Crippen molar-refractivity contribution in [2.24, 2.45) is 5.92 Å². The van der Waals surface area contributed by atoms with Crippen molar-refractivity contribution in [1.82, 2.24) is 5.32 Å². The number of benzene rings is 3. The van der Waals surface area contributed by atoms with Gasteiger partial charge in [-0.15, -0.1) is 0 Å². The van der Waals surface area contributed by atoms with Gasteiger partial charge in [-0.3, -0.25) is 9.59 Å². The number of amides is 1. The van der Waals surface area contributed by atoms with Crippen LogP contribution in [0, 0.1) is 5.92 Å². The maximum Gasteiger partial charge on any atom is 0.303 e. The van der Waals surface area contributed by atoms with Gasteiger partial charge in [0.15, 0.2) is 0 Å². The van der Waals surface area contributed by atoms with Crippen LogP contribution in [0.2, 0.25) is 0 Å². The van der Waals surface area contributed by atoms with Gasteiger partial charge in [0.25, 0.3) is 0 Å². The summed E-state index contributed by atoms with van der Waals surface area (Å²) >= 11 is 0. The molecule has 0 aliphatic heterocycles. The molecule has 0 fully saturated rings. The molecular weight excluding hydrogens is 460 g/mol. The van der Waals surface area contributed by atoms with E-state index in [0.29, 0.717) is 19.5 Å². The Bertz CT molecular complexity index is 1130. The second-order valence-electron chi connectivity index (χ2n) is 9.69. The van der Waals surface area contributed by atoms with E-state index in [-0.39, 0.29) is 18.2 Å². The summed E-state index contributed by atoms with van der Waals surface area (Å²) in [5.74, 6) is -0.818. The van der Waals surface area contributed by atoms with Crippen molar-refractivity contribution in [1.29, 1.82) is 0 Å². The fourth-order valence-electron chi connectivity index (χ4n) is 4.58. The molecule has 1 unspecified atom stereocenters. The lowest BCUT2D eigenvalue weighted by atomic mass is 9.93. The fourth-order valence-corrected chi connectivity index (χ4v) is 4.58. The van der Waals surface area contributed by atoms with Crippen molar-refractivity contribution in [3.63, 3.8) is 0 Å². The summed E-state index contributed by atoms with van der Waals surface area (Å²) in [6, 6.07) is 24.3. The van der Waals surface area contributed by atoms with Gasteiger partial charge in [-0.05, 0) is 35.1 Å². The van der Waals surface area contributed by atoms with E-state index in [9.17, 15) is 14.7 Å². The Labute approximate surface area is 221 Å². The van der Waals surface area contributed by atoms with Crippen molar-refractivity contribution in [2.45, 2.75) is 71.9 Å². The standard InChI is InChI=1S/C32H40N2O3/c1-3-4-5-8-13-24(2)32(37)34-23-29-28(26-16-11-7-12-17-26)20-18-27(19-21-30(35)36)31(29)33-22-25-14-9-6-10-15-25/h6-7,9-12,14-18,20,24,33H,3-5,8,13,19,21-23H2,1-2H3,(H,34,37)(H,35,36). The largest absolute Gasteiger partial charge is 0.481 e. The zero-order valence-corrected chi connectivity index (χ0v) is 22.1. The lowest BCUT2D eigenvalue weighted by Crippen LogP contribution is -2.29. The second kappa shape index (κ2) is 14.8. The highest BCUT2D eigenvalue weighted by molar-refractivity contribution is 5.81. The van der Waals surface area contributed by atoms with Crippen LogP contribution < -0.4 is 10.6 Å². The molecule has 0 bridgehead atoms. The van der Waals surface area contributed by atoms with Gasteiger partial charge in [-0.25, -0.2) is 0 Å². The zero-order valence-electron chi connectivity index (χ0n) is 22.1. The van der Waals surface area contributed by atoms with Crippen LogP contribution >= 0.6 is 0 Å². The highest BCUT2D eigenvalue weighted by Crippen LogP contribution is 2.33. The van der Waals surface area contributed by atoms with E-state index in [1.165, 1.54) is 12.8 Å². The maximum absolute atomic E-state index is 13.0. The summed E-state index contributed by atoms with van der Waals surface area (Å²) < 4.78 is 0. The van der Waals surface area contributed by atoms with Crippen LogP contribution in [0.4, 0.5) is 5.69 Å². The summed E-state index contributed by atoms with van der Waals surface area (Å²) in [6.45, 7) is 5.17. The van der Waals surface area contributed by atoms with Crippen molar-refractivity contribution >= 4 is 17.6 Å². The molecule has 37 heavy (non-hydrogen) atoms. The van der Waals surface area contributed by atoms with E-state index in [0.717, 1.165) is 52.8 Å². The molecule has 0 saturated heterocycles. The average Bonchev–Trinajstić information content (AvgIpc) is 2.92. The number of carboxylic acid groups (broad SMARTS) is 1. The Hall–Kier alpha value is -3.60. The molecule has 0 heterocycles. The fraction of sp³-hybridized carbons (Fsp3) is 0.375. The third-order valence-corrected chi connectivity index (χ3v) is 6.78. The molecular formula is C32H40N2O3. The third-order valence-electron chi connectivity index (χ3n) is 6.78. The zero-order chi connectivity index (χ0) is 26.5. The van der Waals surface area contributed by atoms with Gasteiger partial charge in [-0.2, -0.15) is 0 Å². The number of anilines is 1. The van der Waals surface area contributed by atoms with Crippen LogP contribution in [-0.4, -0.2) is 17.0 Å². The molecule has 0 radical (unpaired) electrons. The first kappa shape index (κ1) is 28.0. The number of nitrogens with one attached hydrogen (secondary N) is 2. The first-order chi connectivity index (χ1) is 18.0. The third kappa shape index (κ3) is 8.78. The van der Waals surface area contributed by atoms with Crippen LogP contribution in [0.15, 0.2) is 72.8 Å². The van der Waals surface area contributed by atoms with E-state index in [1.54, 1.807) is 0 Å². The first-order valence-corrected chi connectivity index (χ1v) is 13.5. The van der Waals surface area contributed by atoms with Gasteiger partial charge in [0, 0.05) is 36.7 Å². The van der Waals surface area contributed by atoms with Gasteiger partial charge in [-0.1, -0.05) is 112 Å². The molecule has 3 N–H and O–H groups in total. The van der Waals surface area contributed by atoms with Crippen molar-refractivity contribution in [3.8, 4) is 11.1 Å². The number of hydrogen-bond donors (Lipinski definition) is 3. The van der Waals surface area contributed by atoms with Crippen molar-refractivity contribution in [2.75, 3.05) is 5.32 Å². The highest BCUT2D eigenvalue weighted by Gasteiger charge is 2.18. The molecule has 0 aromatic heterocycles. The van der Waals surface area contributed by atoms with Crippen LogP contribution in [0.3, 0.4) is 0 Å². The number of carboxylic acids is 1. The number of carbonyl (C=O) groups excluding carboxylic acids is 1. The number of aryl methyl sites for hydroxylation is 1. The minimum absolute atomic E-state index is 0.0469. The minimum atomic E-state index is -0.826. The summed E-state index contributed by atoms with van der Waals surface area (Å²) in [5.41, 5.74) is 6.05. The maximum atomic E-state index is 13.0. The number of unbranched alkanes of at least 4 members (excludes halogenated alkanes) is 3. The molecule has 0 saturated carbocycles. The molecule has 3 rings (SSSR count). The number of carbonyl (C=O) groups is 2. The first-order valence-electron chi connectivity index (χ1n) is 13.5. The van der Waals surface area contributed by atoms with Gasteiger partial charge >= 0.3 is 5.97 Å². The Morgan fingerprint density at radius 2 is 1.57 bits per heavy atom. The molecule has 3 aromatic carbocycles. The van der Waals surface area contributed by atoms with Crippen LogP contribution in [-0.2, 0) is 29.1 Å². The van der Waals surface area contributed by atoms with Crippen LogP contribution in [0.5, 0.6) is 0 Å². The summed E-state index contributed by atoms with van der Waals surface area (Å²) in [6.07, 6.45) is 5.95. The number of aliphatic carboxylic acids is 1. The minimum Gasteiger partial charge on any atom is -0.481 e. The van der Waals surface area contributed by atoms with Gasteiger partial charge in [0.1, 0.15) is 0 Å². The predicted molar refractivity (Wildman–Crippen MR) is 151 cm³/mol. The van der Waals surface area contributed by atoms with Gasteiger partial charge < -0.3 is 15.7 Å². The smallest absolute Gasteiger partial charge is 0.303 e.